The van der Waals surface area contributed by atoms with Gasteiger partial charge in [-0.15, -0.1) is 0 Å². The molecule has 260 valence electrons. The first-order chi connectivity index (χ1) is 27.7. The molecule has 0 amide bonds. The lowest BCUT2D eigenvalue weighted by Gasteiger charge is -2.39. The SMILES string of the molecule is N#Cc1ccc(-c2ccc3c(c2)C2(c4ccccc4O3)c3ccccc3-c3ccc(-c4nc(-c5ccccc5)cc(-c5ccc6ccccc6c5)n4)cc32)cc1. The van der Waals surface area contributed by atoms with Crippen LogP contribution in [0.4, 0.5) is 0 Å². The number of fused-ring (bicyclic) bond motifs is 10. The normalized spacial score (nSPS) is 14.6. The van der Waals surface area contributed by atoms with Crippen molar-refractivity contribution in [2.24, 2.45) is 0 Å². The maximum absolute atomic E-state index is 9.49. The van der Waals surface area contributed by atoms with Crippen LogP contribution in [0.25, 0.3) is 66.9 Å². The van der Waals surface area contributed by atoms with Crippen LogP contribution in [0.3, 0.4) is 0 Å². The summed E-state index contributed by atoms with van der Waals surface area (Å²) in [6.45, 7) is 0. The molecule has 56 heavy (non-hydrogen) atoms. The Hall–Kier alpha value is -7.61. The zero-order valence-corrected chi connectivity index (χ0v) is 30.1. The number of ether oxygens (including phenoxy) is 1. The van der Waals surface area contributed by atoms with E-state index in [4.69, 9.17) is 14.7 Å². The van der Waals surface area contributed by atoms with Crippen LogP contribution in [-0.2, 0) is 5.41 Å². The lowest BCUT2D eigenvalue weighted by Crippen LogP contribution is -2.32. The molecule has 1 atom stereocenters. The Morgan fingerprint density at radius 1 is 0.411 bits per heavy atom. The second-order valence-electron chi connectivity index (χ2n) is 14.4. The Bertz CT molecular complexity index is 3070. The van der Waals surface area contributed by atoms with Crippen molar-refractivity contribution in [3.05, 3.63) is 216 Å². The summed E-state index contributed by atoms with van der Waals surface area (Å²) >= 11 is 0. The number of para-hydroxylation sites is 1. The van der Waals surface area contributed by atoms with Gasteiger partial charge in [-0.3, -0.25) is 0 Å². The monoisotopic (exact) mass is 713 g/mol. The molecule has 0 saturated heterocycles. The molecule has 1 aromatic heterocycles. The van der Waals surface area contributed by atoms with Crippen molar-refractivity contribution in [2.75, 3.05) is 0 Å². The molecule has 0 fully saturated rings. The second kappa shape index (κ2) is 12.5. The smallest absolute Gasteiger partial charge is 0.160 e. The van der Waals surface area contributed by atoms with E-state index in [2.05, 4.69) is 158 Å². The molecule has 0 radical (unpaired) electrons. The van der Waals surface area contributed by atoms with Crippen molar-refractivity contribution in [1.82, 2.24) is 9.97 Å². The van der Waals surface area contributed by atoms with E-state index in [1.165, 1.54) is 27.5 Å². The highest BCUT2D eigenvalue weighted by atomic mass is 16.5. The van der Waals surface area contributed by atoms with E-state index in [9.17, 15) is 5.26 Å². The van der Waals surface area contributed by atoms with E-state index in [0.29, 0.717) is 11.4 Å². The van der Waals surface area contributed by atoms with Gasteiger partial charge in [0, 0.05) is 27.8 Å². The Morgan fingerprint density at radius 2 is 1.04 bits per heavy atom. The second-order valence-corrected chi connectivity index (χ2v) is 14.4. The van der Waals surface area contributed by atoms with Gasteiger partial charge in [-0.1, -0.05) is 140 Å². The van der Waals surface area contributed by atoms with Gasteiger partial charge in [0.05, 0.1) is 28.4 Å². The van der Waals surface area contributed by atoms with E-state index in [1.807, 2.05) is 36.4 Å². The first-order valence-corrected chi connectivity index (χ1v) is 18.8. The zero-order chi connectivity index (χ0) is 37.2. The summed E-state index contributed by atoms with van der Waals surface area (Å²) in [5.74, 6) is 2.31. The van der Waals surface area contributed by atoms with Gasteiger partial charge >= 0.3 is 0 Å². The third kappa shape index (κ3) is 4.85. The highest BCUT2D eigenvalue weighted by Crippen LogP contribution is 2.62. The van der Waals surface area contributed by atoms with E-state index in [0.717, 1.165) is 67.4 Å². The van der Waals surface area contributed by atoms with Gasteiger partial charge in [0.1, 0.15) is 11.5 Å². The summed E-state index contributed by atoms with van der Waals surface area (Å²) < 4.78 is 6.73. The quantitative estimate of drug-likeness (QED) is 0.182. The molecule has 9 aromatic rings. The molecule has 2 heterocycles. The lowest BCUT2D eigenvalue weighted by molar-refractivity contribution is 0.436. The molecule has 2 aliphatic rings. The largest absolute Gasteiger partial charge is 0.457 e. The number of hydrogen-bond donors (Lipinski definition) is 0. The van der Waals surface area contributed by atoms with Gasteiger partial charge in [-0.05, 0) is 92.7 Å². The Morgan fingerprint density at radius 3 is 1.88 bits per heavy atom. The number of benzene rings is 8. The van der Waals surface area contributed by atoms with Gasteiger partial charge < -0.3 is 4.74 Å². The van der Waals surface area contributed by atoms with Crippen molar-refractivity contribution < 1.29 is 4.74 Å². The van der Waals surface area contributed by atoms with Gasteiger partial charge in [-0.2, -0.15) is 5.26 Å². The number of aromatic nitrogens is 2. The highest BCUT2D eigenvalue weighted by molar-refractivity contribution is 5.91. The third-order valence-corrected chi connectivity index (χ3v) is 11.4. The summed E-state index contributed by atoms with van der Waals surface area (Å²) in [4.78, 5) is 10.6. The molecular weight excluding hydrogens is 683 g/mol. The predicted octanol–water partition coefficient (Wildman–Crippen LogP) is 12.6. The molecule has 1 aliphatic heterocycles. The van der Waals surface area contributed by atoms with Crippen LogP contribution in [0.15, 0.2) is 188 Å². The van der Waals surface area contributed by atoms with E-state index < -0.39 is 5.41 Å². The Balaban J connectivity index is 1.16. The van der Waals surface area contributed by atoms with E-state index in [-0.39, 0.29) is 0 Å². The Kier molecular flexibility index (Phi) is 7.10. The molecule has 1 unspecified atom stereocenters. The topological polar surface area (TPSA) is 58.8 Å². The van der Waals surface area contributed by atoms with Crippen LogP contribution in [0, 0.1) is 11.3 Å². The average Bonchev–Trinajstić information content (AvgIpc) is 3.56. The minimum absolute atomic E-state index is 0.633. The molecule has 0 saturated carbocycles. The number of nitrogens with zero attached hydrogens (tertiary/aromatic N) is 3. The molecule has 8 aromatic carbocycles. The fourth-order valence-electron chi connectivity index (χ4n) is 8.79. The summed E-state index contributed by atoms with van der Waals surface area (Å²) in [5, 5.41) is 11.8. The number of nitriles is 1. The van der Waals surface area contributed by atoms with Crippen LogP contribution in [0.1, 0.15) is 27.8 Å². The first-order valence-electron chi connectivity index (χ1n) is 18.8. The van der Waals surface area contributed by atoms with Crippen LogP contribution >= 0.6 is 0 Å². The maximum Gasteiger partial charge on any atom is 0.160 e. The fraction of sp³-hybridized carbons (Fsp3) is 0.0192. The summed E-state index contributed by atoms with van der Waals surface area (Å²) in [5.41, 5.74) is 13.7. The van der Waals surface area contributed by atoms with Crippen molar-refractivity contribution in [1.29, 1.82) is 5.26 Å². The first kappa shape index (κ1) is 31.9. The third-order valence-electron chi connectivity index (χ3n) is 11.4. The van der Waals surface area contributed by atoms with Gasteiger partial charge in [0.15, 0.2) is 5.82 Å². The standard InChI is InChI=1S/C52H31N3O/c53-32-33-18-20-35(21-19-33)38-25-27-50-46(29-38)52(44-16-8-9-17-49(44)56-50)43-15-7-6-14-41(43)42-26-24-40(30-45(42)52)51-54-47(36-11-2-1-3-12-36)31-48(55-51)39-23-22-34-10-4-5-13-37(34)28-39/h1-31H. The van der Waals surface area contributed by atoms with Crippen LogP contribution in [0.2, 0.25) is 0 Å². The molecular formula is C52H31N3O. The molecule has 1 aliphatic carbocycles. The van der Waals surface area contributed by atoms with Crippen molar-refractivity contribution >= 4 is 10.8 Å². The van der Waals surface area contributed by atoms with Crippen LogP contribution in [0.5, 0.6) is 11.5 Å². The summed E-state index contributed by atoms with van der Waals surface area (Å²) in [7, 11) is 0. The molecule has 0 N–H and O–H groups in total. The Labute approximate surface area is 324 Å². The minimum Gasteiger partial charge on any atom is -0.457 e. The highest BCUT2D eigenvalue weighted by Gasteiger charge is 2.51. The van der Waals surface area contributed by atoms with Crippen molar-refractivity contribution in [2.45, 2.75) is 5.41 Å². The van der Waals surface area contributed by atoms with Crippen LogP contribution in [-0.4, -0.2) is 9.97 Å². The molecule has 0 bridgehead atoms. The van der Waals surface area contributed by atoms with Gasteiger partial charge in [0.25, 0.3) is 0 Å². The number of hydrogen-bond acceptors (Lipinski definition) is 4. The van der Waals surface area contributed by atoms with E-state index in [1.54, 1.807) is 0 Å². The summed E-state index contributed by atoms with van der Waals surface area (Å²) in [6.07, 6.45) is 0. The number of rotatable bonds is 4. The predicted molar refractivity (Wildman–Crippen MR) is 223 cm³/mol. The molecule has 11 rings (SSSR count). The van der Waals surface area contributed by atoms with Gasteiger partial charge in [-0.25, -0.2) is 9.97 Å². The minimum atomic E-state index is -0.688. The van der Waals surface area contributed by atoms with Crippen molar-refractivity contribution in [3.8, 4) is 73.7 Å². The maximum atomic E-state index is 9.49. The zero-order valence-electron chi connectivity index (χ0n) is 30.1. The summed E-state index contributed by atoms with van der Waals surface area (Å²) in [6, 6.07) is 67.8. The average molecular weight is 714 g/mol. The van der Waals surface area contributed by atoms with Gasteiger partial charge in [0.2, 0.25) is 0 Å². The van der Waals surface area contributed by atoms with Crippen molar-refractivity contribution in [3.63, 3.8) is 0 Å². The van der Waals surface area contributed by atoms with E-state index >= 15 is 0 Å². The molecule has 4 heteroatoms. The molecule has 1 spiro atoms. The van der Waals surface area contributed by atoms with Crippen LogP contribution < -0.4 is 4.74 Å². The fourth-order valence-corrected chi connectivity index (χ4v) is 8.79. The molecule has 4 nitrogen and oxygen atoms in total. The lowest BCUT2D eigenvalue weighted by atomic mass is 9.65.